The number of carbonyl (C=O) groups is 1. The molecule has 0 N–H and O–H groups in total. The molecule has 0 spiro atoms. The molecule has 0 saturated carbocycles. The van der Waals surface area contributed by atoms with Crippen molar-refractivity contribution in [3.05, 3.63) is 47.0 Å². The van der Waals surface area contributed by atoms with E-state index >= 15 is 0 Å². The van der Waals surface area contributed by atoms with E-state index in [4.69, 9.17) is 5.10 Å². The van der Waals surface area contributed by atoms with Crippen molar-refractivity contribution < 1.29 is 9.18 Å². The quantitative estimate of drug-likeness (QED) is 0.831. The number of benzene rings is 1. The summed E-state index contributed by atoms with van der Waals surface area (Å²) in [5.74, 6) is -0.188. The van der Waals surface area contributed by atoms with Crippen molar-refractivity contribution in [1.29, 1.82) is 0 Å². The Hall–Kier alpha value is -2.17. The summed E-state index contributed by atoms with van der Waals surface area (Å²) in [6.45, 7) is 1.66. The molecule has 2 heterocycles. The number of hydrogen-bond donors (Lipinski definition) is 0. The third-order valence-electron chi connectivity index (χ3n) is 5.35. The summed E-state index contributed by atoms with van der Waals surface area (Å²) in [6.07, 6.45) is 8.59. The zero-order valence-corrected chi connectivity index (χ0v) is 14.5. The lowest BCUT2D eigenvalue weighted by atomic mass is 9.95. The van der Waals surface area contributed by atoms with Crippen LogP contribution in [0.5, 0.6) is 0 Å². The van der Waals surface area contributed by atoms with Crippen LogP contribution in [0.3, 0.4) is 0 Å². The number of amides is 1. The van der Waals surface area contributed by atoms with E-state index in [1.165, 1.54) is 25.0 Å². The van der Waals surface area contributed by atoms with Crippen molar-refractivity contribution >= 4 is 5.91 Å². The molecule has 4 nitrogen and oxygen atoms in total. The third-order valence-corrected chi connectivity index (χ3v) is 5.35. The second-order valence-corrected chi connectivity index (χ2v) is 7.08. The highest BCUT2D eigenvalue weighted by Crippen LogP contribution is 2.28. The van der Waals surface area contributed by atoms with Crippen LogP contribution in [0.25, 0.3) is 5.69 Å². The van der Waals surface area contributed by atoms with Crippen LogP contribution in [0.2, 0.25) is 0 Å². The number of likely N-dealkylation sites (tertiary alicyclic amines) is 1. The van der Waals surface area contributed by atoms with Gasteiger partial charge in [-0.05, 0) is 62.8 Å². The van der Waals surface area contributed by atoms with Crippen LogP contribution in [0.4, 0.5) is 4.39 Å². The number of rotatable bonds is 2. The van der Waals surface area contributed by atoms with E-state index in [1.54, 1.807) is 12.1 Å². The average molecular weight is 341 g/mol. The Labute approximate surface area is 147 Å². The van der Waals surface area contributed by atoms with Gasteiger partial charge in [-0.3, -0.25) is 4.79 Å². The predicted octanol–water partition coefficient (Wildman–Crippen LogP) is 3.91. The van der Waals surface area contributed by atoms with E-state index in [-0.39, 0.29) is 11.7 Å². The maximum Gasteiger partial charge on any atom is 0.274 e. The Morgan fingerprint density at radius 3 is 2.32 bits per heavy atom. The Morgan fingerprint density at radius 1 is 0.920 bits per heavy atom. The summed E-state index contributed by atoms with van der Waals surface area (Å²) in [5, 5.41) is 4.70. The van der Waals surface area contributed by atoms with Gasteiger partial charge in [-0.15, -0.1) is 0 Å². The van der Waals surface area contributed by atoms with Crippen LogP contribution >= 0.6 is 0 Å². The summed E-state index contributed by atoms with van der Waals surface area (Å²) in [5.41, 5.74) is 3.66. The number of nitrogens with zero attached hydrogens (tertiary/aromatic N) is 3. The van der Waals surface area contributed by atoms with Gasteiger partial charge in [-0.2, -0.15) is 5.10 Å². The molecule has 1 aliphatic heterocycles. The van der Waals surface area contributed by atoms with E-state index in [0.29, 0.717) is 5.69 Å². The molecule has 1 aromatic carbocycles. The lowest BCUT2D eigenvalue weighted by molar-refractivity contribution is 0.0754. The maximum absolute atomic E-state index is 13.3. The lowest BCUT2D eigenvalue weighted by Gasteiger charge is -2.20. The molecule has 132 valence electrons. The SMILES string of the molecule is O=C(c1nn(-c2ccc(F)cc2)c2c1CCCC2)N1CCCCCC1. The van der Waals surface area contributed by atoms with Gasteiger partial charge >= 0.3 is 0 Å². The molecular weight excluding hydrogens is 317 g/mol. The molecule has 0 unspecified atom stereocenters. The highest BCUT2D eigenvalue weighted by Gasteiger charge is 2.28. The molecular formula is C20H24FN3O. The minimum Gasteiger partial charge on any atom is -0.337 e. The summed E-state index contributed by atoms with van der Waals surface area (Å²) in [7, 11) is 0. The van der Waals surface area contributed by atoms with E-state index < -0.39 is 0 Å². The molecule has 1 saturated heterocycles. The number of fused-ring (bicyclic) bond motifs is 1. The van der Waals surface area contributed by atoms with Gasteiger partial charge in [0.05, 0.1) is 5.69 Å². The van der Waals surface area contributed by atoms with Crippen molar-refractivity contribution in [3.8, 4) is 5.69 Å². The normalized spacial score (nSPS) is 17.9. The minimum atomic E-state index is -0.259. The zero-order valence-electron chi connectivity index (χ0n) is 14.5. The number of halogens is 1. The monoisotopic (exact) mass is 341 g/mol. The Balaban J connectivity index is 1.72. The molecule has 0 bridgehead atoms. The van der Waals surface area contributed by atoms with Crippen LogP contribution in [0.1, 0.15) is 60.3 Å². The molecule has 2 aromatic rings. The van der Waals surface area contributed by atoms with Crippen LogP contribution in [0, 0.1) is 5.82 Å². The van der Waals surface area contributed by atoms with Gasteiger partial charge < -0.3 is 4.90 Å². The summed E-state index contributed by atoms with van der Waals surface area (Å²) in [4.78, 5) is 15.1. The Kier molecular flexibility index (Phi) is 4.55. The van der Waals surface area contributed by atoms with Gasteiger partial charge in [0, 0.05) is 24.3 Å². The van der Waals surface area contributed by atoms with Crippen LogP contribution in [0.15, 0.2) is 24.3 Å². The summed E-state index contributed by atoms with van der Waals surface area (Å²) in [6, 6.07) is 6.36. The van der Waals surface area contributed by atoms with Gasteiger partial charge in [0.2, 0.25) is 0 Å². The predicted molar refractivity (Wildman–Crippen MR) is 94.5 cm³/mol. The topological polar surface area (TPSA) is 38.1 Å². The van der Waals surface area contributed by atoms with Crippen LogP contribution in [-0.2, 0) is 12.8 Å². The van der Waals surface area contributed by atoms with E-state index in [9.17, 15) is 9.18 Å². The first kappa shape index (κ1) is 16.3. The molecule has 1 amide bonds. The van der Waals surface area contributed by atoms with Gasteiger partial charge in [-0.1, -0.05) is 12.8 Å². The molecule has 0 radical (unpaired) electrons. The average Bonchev–Trinajstić information content (AvgIpc) is 2.82. The minimum absolute atomic E-state index is 0.0703. The van der Waals surface area contributed by atoms with Crippen molar-refractivity contribution in [2.45, 2.75) is 51.4 Å². The second-order valence-electron chi connectivity index (χ2n) is 7.08. The lowest BCUT2D eigenvalue weighted by Crippen LogP contribution is -2.33. The first-order valence-electron chi connectivity index (χ1n) is 9.40. The van der Waals surface area contributed by atoms with Gasteiger partial charge in [-0.25, -0.2) is 9.07 Å². The van der Waals surface area contributed by atoms with Crippen molar-refractivity contribution in [2.75, 3.05) is 13.1 Å². The fraction of sp³-hybridized carbons (Fsp3) is 0.500. The molecule has 5 heteroatoms. The number of aromatic nitrogens is 2. The van der Waals surface area contributed by atoms with Gasteiger partial charge in [0.15, 0.2) is 5.69 Å². The fourth-order valence-electron chi connectivity index (χ4n) is 3.99. The highest BCUT2D eigenvalue weighted by molar-refractivity contribution is 5.94. The smallest absolute Gasteiger partial charge is 0.274 e. The largest absolute Gasteiger partial charge is 0.337 e. The molecule has 25 heavy (non-hydrogen) atoms. The van der Waals surface area contributed by atoms with Crippen LogP contribution in [-0.4, -0.2) is 33.7 Å². The van der Waals surface area contributed by atoms with Crippen molar-refractivity contribution in [3.63, 3.8) is 0 Å². The number of carbonyl (C=O) groups excluding carboxylic acids is 1. The van der Waals surface area contributed by atoms with E-state index in [2.05, 4.69) is 0 Å². The zero-order chi connectivity index (χ0) is 17.2. The van der Waals surface area contributed by atoms with Crippen molar-refractivity contribution in [1.82, 2.24) is 14.7 Å². The van der Waals surface area contributed by atoms with Gasteiger partial charge in [0.25, 0.3) is 5.91 Å². The molecule has 4 rings (SSSR count). The first-order valence-corrected chi connectivity index (χ1v) is 9.40. The molecule has 0 atom stereocenters. The maximum atomic E-state index is 13.3. The van der Waals surface area contributed by atoms with Crippen LogP contribution < -0.4 is 0 Å². The van der Waals surface area contributed by atoms with E-state index in [1.807, 2.05) is 9.58 Å². The third kappa shape index (κ3) is 3.20. The van der Waals surface area contributed by atoms with Gasteiger partial charge in [0.1, 0.15) is 5.82 Å². The van der Waals surface area contributed by atoms with Crippen molar-refractivity contribution in [2.24, 2.45) is 0 Å². The Bertz CT molecular complexity index is 758. The second kappa shape index (κ2) is 6.98. The molecule has 1 aromatic heterocycles. The molecule has 1 fully saturated rings. The standard InChI is InChI=1S/C20H24FN3O/c21-15-9-11-16(12-10-15)24-18-8-4-3-7-17(18)19(22-24)20(25)23-13-5-1-2-6-14-23/h9-12H,1-8,13-14H2. The first-order chi connectivity index (χ1) is 12.2. The fourth-order valence-corrected chi connectivity index (χ4v) is 3.99. The highest BCUT2D eigenvalue weighted by atomic mass is 19.1. The Morgan fingerprint density at radius 2 is 1.60 bits per heavy atom. The summed E-state index contributed by atoms with van der Waals surface area (Å²) < 4.78 is 15.1. The molecule has 2 aliphatic rings. The summed E-state index contributed by atoms with van der Waals surface area (Å²) >= 11 is 0. The number of hydrogen-bond acceptors (Lipinski definition) is 2. The molecule has 1 aliphatic carbocycles. The van der Waals surface area contributed by atoms with E-state index in [0.717, 1.165) is 68.6 Å².